The fourth-order valence-electron chi connectivity index (χ4n) is 1.48. The van der Waals surface area contributed by atoms with Crippen LogP contribution in [0.2, 0.25) is 0 Å². The van der Waals surface area contributed by atoms with Gasteiger partial charge in [-0.05, 0) is 50.5 Å². The monoisotopic (exact) mass is 272 g/mol. The molecule has 0 radical (unpaired) electrons. The summed E-state index contributed by atoms with van der Waals surface area (Å²) in [7, 11) is 0. The molecule has 0 aliphatic carbocycles. The maximum Gasteiger partial charge on any atom is 0.416 e. The topological polar surface area (TPSA) is 9.23 Å². The number of rotatable bonds is 5. The molecule has 0 saturated heterocycles. The van der Waals surface area contributed by atoms with Crippen LogP contribution in [0.1, 0.15) is 32.8 Å². The molecule has 1 atom stereocenters. The van der Waals surface area contributed by atoms with Gasteiger partial charge in [0.25, 0.3) is 0 Å². The highest BCUT2D eigenvalue weighted by atomic mass is 19.4. The number of hydrogen-bond acceptors (Lipinski definition) is 1. The van der Waals surface area contributed by atoms with E-state index < -0.39 is 11.7 Å². The van der Waals surface area contributed by atoms with Crippen LogP contribution >= 0.6 is 0 Å². The summed E-state index contributed by atoms with van der Waals surface area (Å²) in [5.41, 5.74) is 0.596. The van der Waals surface area contributed by atoms with Crippen LogP contribution in [-0.4, -0.2) is 6.61 Å². The lowest BCUT2D eigenvalue weighted by Gasteiger charge is -2.12. The average molecular weight is 272 g/mol. The normalized spacial score (nSPS) is 12.9. The molecule has 0 aromatic heterocycles. The van der Waals surface area contributed by atoms with Crippen molar-refractivity contribution >= 4 is 0 Å². The molecule has 0 bridgehead atoms. The molecule has 0 saturated carbocycles. The summed E-state index contributed by atoms with van der Waals surface area (Å²) in [6, 6.07) is 4.79. The van der Waals surface area contributed by atoms with Crippen molar-refractivity contribution in [2.75, 3.05) is 6.61 Å². The van der Waals surface area contributed by atoms with Crippen molar-refractivity contribution < 1.29 is 17.9 Å². The molecule has 0 N–H and O–H groups in total. The molecular weight excluding hydrogens is 253 g/mol. The predicted molar refractivity (Wildman–Crippen MR) is 70.2 cm³/mol. The summed E-state index contributed by atoms with van der Waals surface area (Å²) in [6.45, 7) is 6.60. The first-order chi connectivity index (χ1) is 8.79. The molecule has 0 aliphatic rings. The third-order valence-corrected chi connectivity index (χ3v) is 2.64. The molecule has 4 heteroatoms. The largest absolute Gasteiger partial charge is 0.493 e. The zero-order chi connectivity index (χ0) is 14.5. The standard InChI is InChI=1S/C15H19F3O/c1-11(2)4-5-12(3)10-19-14-8-6-13(7-9-14)15(16,17)18/h4,6-9,12H,5,10H2,1-3H3. The second-order valence-electron chi connectivity index (χ2n) is 4.96. The maximum absolute atomic E-state index is 12.4. The van der Waals surface area contributed by atoms with Crippen molar-refractivity contribution in [2.45, 2.75) is 33.4 Å². The van der Waals surface area contributed by atoms with Gasteiger partial charge in [0.05, 0.1) is 12.2 Å². The Labute approximate surface area is 112 Å². The van der Waals surface area contributed by atoms with Gasteiger partial charge >= 0.3 is 6.18 Å². The lowest BCUT2D eigenvalue weighted by molar-refractivity contribution is -0.137. The highest BCUT2D eigenvalue weighted by molar-refractivity contribution is 5.28. The van der Waals surface area contributed by atoms with E-state index in [-0.39, 0.29) is 0 Å². The minimum atomic E-state index is -4.30. The van der Waals surface area contributed by atoms with Crippen LogP contribution in [0.4, 0.5) is 13.2 Å². The van der Waals surface area contributed by atoms with Crippen molar-refractivity contribution in [3.63, 3.8) is 0 Å². The Hall–Kier alpha value is -1.45. The van der Waals surface area contributed by atoms with Crippen LogP contribution in [0.25, 0.3) is 0 Å². The molecule has 19 heavy (non-hydrogen) atoms. The van der Waals surface area contributed by atoms with E-state index in [0.717, 1.165) is 18.6 Å². The van der Waals surface area contributed by atoms with E-state index in [2.05, 4.69) is 6.08 Å². The molecule has 0 amide bonds. The molecule has 0 spiro atoms. The first kappa shape index (κ1) is 15.6. The highest BCUT2D eigenvalue weighted by Gasteiger charge is 2.29. The maximum atomic E-state index is 12.4. The Kier molecular flexibility index (Phi) is 5.45. The Morgan fingerprint density at radius 3 is 2.26 bits per heavy atom. The quantitative estimate of drug-likeness (QED) is 0.679. The van der Waals surface area contributed by atoms with E-state index in [4.69, 9.17) is 4.74 Å². The smallest absolute Gasteiger partial charge is 0.416 e. The van der Waals surface area contributed by atoms with Crippen LogP contribution in [0.15, 0.2) is 35.9 Å². The van der Waals surface area contributed by atoms with Gasteiger partial charge in [0.1, 0.15) is 5.75 Å². The van der Waals surface area contributed by atoms with Crippen molar-refractivity contribution in [1.82, 2.24) is 0 Å². The summed E-state index contributed by atoms with van der Waals surface area (Å²) in [5.74, 6) is 0.800. The lowest BCUT2D eigenvalue weighted by atomic mass is 10.1. The summed E-state index contributed by atoms with van der Waals surface area (Å²) in [5, 5.41) is 0. The van der Waals surface area contributed by atoms with Gasteiger partial charge in [-0.25, -0.2) is 0 Å². The summed E-state index contributed by atoms with van der Waals surface area (Å²) >= 11 is 0. The third kappa shape index (κ3) is 5.81. The van der Waals surface area contributed by atoms with Gasteiger partial charge in [-0.2, -0.15) is 13.2 Å². The van der Waals surface area contributed by atoms with Crippen molar-refractivity contribution in [2.24, 2.45) is 5.92 Å². The number of alkyl halides is 3. The van der Waals surface area contributed by atoms with Gasteiger partial charge in [0, 0.05) is 0 Å². The van der Waals surface area contributed by atoms with Crippen LogP contribution in [0, 0.1) is 5.92 Å². The predicted octanol–water partition coefficient (Wildman–Crippen LogP) is 5.08. The van der Waals surface area contributed by atoms with Gasteiger partial charge in [0.15, 0.2) is 0 Å². The van der Waals surface area contributed by atoms with Crippen molar-refractivity contribution in [3.05, 3.63) is 41.5 Å². The molecule has 1 aromatic rings. The Morgan fingerprint density at radius 2 is 1.79 bits per heavy atom. The van der Waals surface area contributed by atoms with E-state index in [1.807, 2.05) is 20.8 Å². The molecule has 0 aliphatic heterocycles. The summed E-state index contributed by atoms with van der Waals surface area (Å²) in [6.07, 6.45) is -1.26. The number of ether oxygens (including phenoxy) is 1. The van der Waals surface area contributed by atoms with Crippen LogP contribution < -0.4 is 4.74 Å². The van der Waals surface area contributed by atoms with E-state index >= 15 is 0 Å². The molecule has 1 aromatic carbocycles. The van der Waals surface area contributed by atoms with E-state index in [1.54, 1.807) is 0 Å². The zero-order valence-electron chi connectivity index (χ0n) is 11.4. The minimum Gasteiger partial charge on any atom is -0.493 e. The van der Waals surface area contributed by atoms with Crippen LogP contribution in [0.5, 0.6) is 5.75 Å². The van der Waals surface area contributed by atoms with Crippen molar-refractivity contribution in [1.29, 1.82) is 0 Å². The van der Waals surface area contributed by atoms with Gasteiger partial charge in [-0.3, -0.25) is 0 Å². The summed E-state index contributed by atoms with van der Waals surface area (Å²) in [4.78, 5) is 0. The highest BCUT2D eigenvalue weighted by Crippen LogP contribution is 2.30. The average Bonchev–Trinajstić information content (AvgIpc) is 2.33. The minimum absolute atomic E-state index is 0.331. The molecule has 0 heterocycles. The summed E-state index contributed by atoms with van der Waals surface area (Å²) < 4.78 is 42.6. The Bertz CT molecular complexity index is 414. The molecule has 1 nitrogen and oxygen atoms in total. The van der Waals surface area contributed by atoms with E-state index in [0.29, 0.717) is 18.3 Å². The fourth-order valence-corrected chi connectivity index (χ4v) is 1.48. The molecule has 1 rings (SSSR count). The zero-order valence-corrected chi connectivity index (χ0v) is 11.4. The second-order valence-corrected chi connectivity index (χ2v) is 4.96. The Morgan fingerprint density at radius 1 is 1.21 bits per heavy atom. The molecule has 106 valence electrons. The number of allylic oxidation sites excluding steroid dienone is 2. The lowest BCUT2D eigenvalue weighted by Crippen LogP contribution is -2.08. The Balaban J connectivity index is 2.48. The van der Waals surface area contributed by atoms with Crippen LogP contribution in [-0.2, 0) is 6.18 Å². The molecular formula is C15H19F3O. The first-order valence-corrected chi connectivity index (χ1v) is 6.22. The van der Waals surface area contributed by atoms with E-state index in [9.17, 15) is 13.2 Å². The van der Waals surface area contributed by atoms with Gasteiger partial charge < -0.3 is 4.74 Å². The second kappa shape index (κ2) is 6.64. The number of halogens is 3. The molecule has 0 fully saturated rings. The number of benzene rings is 1. The van der Waals surface area contributed by atoms with Gasteiger partial charge in [-0.1, -0.05) is 18.6 Å². The van der Waals surface area contributed by atoms with E-state index in [1.165, 1.54) is 17.7 Å². The number of hydrogen-bond donors (Lipinski definition) is 0. The van der Waals surface area contributed by atoms with Crippen molar-refractivity contribution in [3.8, 4) is 5.75 Å². The third-order valence-electron chi connectivity index (χ3n) is 2.64. The van der Waals surface area contributed by atoms with Gasteiger partial charge in [0.2, 0.25) is 0 Å². The van der Waals surface area contributed by atoms with Gasteiger partial charge in [-0.15, -0.1) is 0 Å². The molecule has 1 unspecified atom stereocenters. The van der Waals surface area contributed by atoms with Crippen LogP contribution in [0.3, 0.4) is 0 Å². The fraction of sp³-hybridized carbons (Fsp3) is 0.467. The SMILES string of the molecule is CC(C)=CCC(C)COc1ccc(C(F)(F)F)cc1. The first-order valence-electron chi connectivity index (χ1n) is 6.22.